The highest BCUT2D eigenvalue weighted by atomic mass is 32.1. The summed E-state index contributed by atoms with van der Waals surface area (Å²) in [5.41, 5.74) is 3.63. The topological polar surface area (TPSA) is 80.3 Å². The van der Waals surface area contributed by atoms with Gasteiger partial charge < -0.3 is 15.4 Å². The lowest BCUT2D eigenvalue weighted by atomic mass is 10.1. The molecule has 1 heterocycles. The average Bonchev–Trinajstić information content (AvgIpc) is 3.20. The molecule has 2 amide bonds. The van der Waals surface area contributed by atoms with Crippen LogP contribution in [0.4, 0.5) is 5.69 Å². The normalized spacial score (nSPS) is 11.6. The van der Waals surface area contributed by atoms with Gasteiger partial charge in [-0.15, -0.1) is 11.3 Å². The lowest BCUT2D eigenvalue weighted by Crippen LogP contribution is -2.28. The molecule has 0 aliphatic heterocycles. The van der Waals surface area contributed by atoms with Gasteiger partial charge in [-0.2, -0.15) is 0 Å². The molecule has 0 aliphatic carbocycles. The van der Waals surface area contributed by atoms with Crippen LogP contribution < -0.4 is 15.4 Å². The molecular formula is C24H27N3O3S. The molecule has 0 saturated heterocycles. The van der Waals surface area contributed by atoms with Crippen LogP contribution in [0.5, 0.6) is 5.75 Å². The first kappa shape index (κ1) is 22.5. The molecular weight excluding hydrogens is 410 g/mol. The van der Waals surface area contributed by atoms with Crippen LogP contribution in [-0.4, -0.2) is 16.8 Å². The third-order valence-electron chi connectivity index (χ3n) is 4.72. The second-order valence-electron chi connectivity index (χ2n) is 7.32. The highest BCUT2D eigenvalue weighted by Gasteiger charge is 2.13. The van der Waals surface area contributed by atoms with Gasteiger partial charge in [-0.3, -0.25) is 9.59 Å². The second kappa shape index (κ2) is 10.7. The van der Waals surface area contributed by atoms with Crippen molar-refractivity contribution >= 4 is 28.8 Å². The molecule has 0 bridgehead atoms. The fourth-order valence-corrected chi connectivity index (χ4v) is 3.63. The van der Waals surface area contributed by atoms with Crippen molar-refractivity contribution in [2.75, 3.05) is 5.32 Å². The fourth-order valence-electron chi connectivity index (χ4n) is 2.92. The summed E-state index contributed by atoms with van der Waals surface area (Å²) in [5, 5.41) is 8.54. The van der Waals surface area contributed by atoms with Crippen LogP contribution >= 0.6 is 11.3 Å². The average molecular weight is 438 g/mol. The Balaban J connectivity index is 1.48. The lowest BCUT2D eigenvalue weighted by Gasteiger charge is -2.14. The molecule has 7 heteroatoms. The zero-order chi connectivity index (χ0) is 22.2. The Morgan fingerprint density at radius 3 is 2.45 bits per heavy atom. The second-order valence-corrected chi connectivity index (χ2v) is 8.27. The molecule has 3 rings (SSSR count). The van der Waals surface area contributed by atoms with Gasteiger partial charge in [-0.1, -0.05) is 36.8 Å². The standard InChI is InChI=1S/C24H27N3O3S/c1-4-22(28)26-19-9-7-18(8-10-19)17(3)25-23(29)13-20-15-31-24(27-20)14-30-21-11-5-16(2)6-12-21/h5-12,15,17H,4,13-14H2,1-3H3,(H,25,29)(H,26,28). The maximum Gasteiger partial charge on any atom is 0.226 e. The Hall–Kier alpha value is -3.19. The molecule has 0 radical (unpaired) electrons. The van der Waals surface area contributed by atoms with Crippen molar-refractivity contribution in [1.82, 2.24) is 10.3 Å². The minimum Gasteiger partial charge on any atom is -0.486 e. The van der Waals surface area contributed by atoms with Gasteiger partial charge in [0.25, 0.3) is 0 Å². The number of hydrogen-bond acceptors (Lipinski definition) is 5. The molecule has 0 aliphatic rings. The van der Waals surface area contributed by atoms with Gasteiger partial charge >= 0.3 is 0 Å². The quantitative estimate of drug-likeness (QED) is 0.504. The van der Waals surface area contributed by atoms with Crippen molar-refractivity contribution in [3.63, 3.8) is 0 Å². The fraction of sp³-hybridized carbons (Fsp3) is 0.292. The van der Waals surface area contributed by atoms with Crippen LogP contribution in [0.2, 0.25) is 0 Å². The molecule has 1 unspecified atom stereocenters. The van der Waals surface area contributed by atoms with Gasteiger partial charge in [0.15, 0.2) is 0 Å². The van der Waals surface area contributed by atoms with Crippen LogP contribution in [-0.2, 0) is 22.6 Å². The van der Waals surface area contributed by atoms with Gasteiger partial charge in [-0.05, 0) is 43.7 Å². The number of amides is 2. The Morgan fingerprint density at radius 2 is 1.77 bits per heavy atom. The smallest absolute Gasteiger partial charge is 0.226 e. The maximum atomic E-state index is 12.4. The highest BCUT2D eigenvalue weighted by molar-refractivity contribution is 7.09. The molecule has 31 heavy (non-hydrogen) atoms. The SMILES string of the molecule is CCC(=O)Nc1ccc(C(C)NC(=O)Cc2csc(COc3ccc(C)cc3)n2)cc1. The summed E-state index contributed by atoms with van der Waals surface area (Å²) < 4.78 is 5.75. The third-order valence-corrected chi connectivity index (χ3v) is 5.59. The largest absolute Gasteiger partial charge is 0.486 e. The van der Waals surface area contributed by atoms with E-state index in [4.69, 9.17) is 4.74 Å². The van der Waals surface area contributed by atoms with Crippen molar-refractivity contribution in [2.45, 2.75) is 46.3 Å². The summed E-state index contributed by atoms with van der Waals surface area (Å²) in [6, 6.07) is 15.2. The van der Waals surface area contributed by atoms with E-state index in [0.717, 1.165) is 27.7 Å². The number of nitrogens with zero attached hydrogens (tertiary/aromatic N) is 1. The van der Waals surface area contributed by atoms with Crippen molar-refractivity contribution in [2.24, 2.45) is 0 Å². The van der Waals surface area contributed by atoms with Gasteiger partial charge in [0.2, 0.25) is 11.8 Å². The zero-order valence-corrected chi connectivity index (χ0v) is 18.8. The van der Waals surface area contributed by atoms with E-state index in [0.29, 0.717) is 13.0 Å². The van der Waals surface area contributed by atoms with E-state index >= 15 is 0 Å². The molecule has 162 valence electrons. The first-order valence-corrected chi connectivity index (χ1v) is 11.1. The predicted octanol–water partition coefficient (Wildman–Crippen LogP) is 4.80. The van der Waals surface area contributed by atoms with Crippen LogP contribution in [0.25, 0.3) is 0 Å². The summed E-state index contributed by atoms with van der Waals surface area (Å²) >= 11 is 1.49. The molecule has 0 fully saturated rings. The van der Waals surface area contributed by atoms with Crippen LogP contribution in [0.15, 0.2) is 53.9 Å². The minimum atomic E-state index is -0.147. The number of benzene rings is 2. The summed E-state index contributed by atoms with van der Waals surface area (Å²) in [4.78, 5) is 28.4. The molecule has 0 spiro atoms. The number of ether oxygens (including phenoxy) is 1. The van der Waals surface area contributed by atoms with E-state index in [-0.39, 0.29) is 24.3 Å². The Labute approximate surface area is 186 Å². The molecule has 1 aromatic heterocycles. The van der Waals surface area contributed by atoms with Gasteiger partial charge in [0.05, 0.1) is 18.2 Å². The lowest BCUT2D eigenvalue weighted by molar-refractivity contribution is -0.121. The number of rotatable bonds is 9. The van der Waals surface area contributed by atoms with E-state index in [2.05, 4.69) is 15.6 Å². The predicted molar refractivity (Wildman–Crippen MR) is 123 cm³/mol. The maximum absolute atomic E-state index is 12.4. The van der Waals surface area contributed by atoms with Crippen molar-refractivity contribution in [3.8, 4) is 5.75 Å². The van der Waals surface area contributed by atoms with Gasteiger partial charge in [0, 0.05) is 17.5 Å². The van der Waals surface area contributed by atoms with E-state index in [1.54, 1.807) is 0 Å². The summed E-state index contributed by atoms with van der Waals surface area (Å²) in [5.74, 6) is 0.683. The van der Waals surface area contributed by atoms with Crippen LogP contribution in [0.3, 0.4) is 0 Å². The van der Waals surface area contributed by atoms with Crippen molar-refractivity contribution in [3.05, 3.63) is 75.7 Å². The van der Waals surface area contributed by atoms with E-state index in [1.807, 2.05) is 74.7 Å². The summed E-state index contributed by atoms with van der Waals surface area (Å²) in [7, 11) is 0. The number of carbonyl (C=O) groups is 2. The number of nitrogens with one attached hydrogen (secondary N) is 2. The van der Waals surface area contributed by atoms with E-state index < -0.39 is 0 Å². The highest BCUT2D eigenvalue weighted by Crippen LogP contribution is 2.18. The van der Waals surface area contributed by atoms with E-state index in [9.17, 15) is 9.59 Å². The Kier molecular flexibility index (Phi) is 7.78. The molecule has 2 N–H and O–H groups in total. The van der Waals surface area contributed by atoms with Crippen molar-refractivity contribution in [1.29, 1.82) is 0 Å². The first-order chi connectivity index (χ1) is 14.9. The molecule has 2 aromatic carbocycles. The number of aryl methyl sites for hydroxylation is 1. The molecule has 1 atom stereocenters. The van der Waals surface area contributed by atoms with Gasteiger partial charge in [0.1, 0.15) is 17.4 Å². The van der Waals surface area contributed by atoms with Crippen LogP contribution in [0.1, 0.15) is 48.1 Å². The summed E-state index contributed by atoms with van der Waals surface area (Å²) in [6.07, 6.45) is 0.653. The van der Waals surface area contributed by atoms with Crippen molar-refractivity contribution < 1.29 is 14.3 Å². The number of carbonyl (C=O) groups excluding carboxylic acids is 2. The molecule has 6 nitrogen and oxygen atoms in total. The molecule has 3 aromatic rings. The van der Waals surface area contributed by atoms with E-state index in [1.165, 1.54) is 16.9 Å². The number of anilines is 1. The summed E-state index contributed by atoms with van der Waals surface area (Å²) in [6.45, 7) is 6.15. The number of aromatic nitrogens is 1. The third kappa shape index (κ3) is 6.93. The number of hydrogen-bond donors (Lipinski definition) is 2. The van der Waals surface area contributed by atoms with Crippen LogP contribution in [0, 0.1) is 6.92 Å². The Morgan fingerprint density at radius 1 is 1.06 bits per heavy atom. The number of thiazole rings is 1. The van der Waals surface area contributed by atoms with Gasteiger partial charge in [-0.25, -0.2) is 4.98 Å². The minimum absolute atomic E-state index is 0.0269. The zero-order valence-electron chi connectivity index (χ0n) is 18.0. The molecule has 0 saturated carbocycles. The first-order valence-electron chi connectivity index (χ1n) is 10.2. The Bertz CT molecular complexity index is 1010. The monoisotopic (exact) mass is 437 g/mol.